The van der Waals surface area contributed by atoms with Crippen LogP contribution in [0.15, 0.2) is 12.3 Å². The molecule has 13 heavy (non-hydrogen) atoms. The molecule has 0 aliphatic heterocycles. The molecule has 1 N–H and O–H groups in total. The van der Waals surface area contributed by atoms with Gasteiger partial charge in [-0.25, -0.2) is 4.79 Å². The molecule has 0 amide bonds. The monoisotopic (exact) mass is 194 g/mol. The molecule has 0 fully saturated rings. The van der Waals surface area contributed by atoms with Crippen molar-refractivity contribution in [2.75, 3.05) is 6.61 Å². The van der Waals surface area contributed by atoms with Crippen molar-refractivity contribution < 1.29 is 22.7 Å². The molecule has 1 rings (SSSR count). The second-order valence-electron chi connectivity index (χ2n) is 2.16. The lowest BCUT2D eigenvalue weighted by molar-refractivity contribution is -0.161. The zero-order chi connectivity index (χ0) is 9.90. The van der Waals surface area contributed by atoms with Crippen LogP contribution in [0.3, 0.4) is 0 Å². The third kappa shape index (κ3) is 3.14. The Kier molecular flexibility index (Phi) is 2.54. The zero-order valence-electron chi connectivity index (χ0n) is 6.26. The van der Waals surface area contributed by atoms with E-state index in [0.717, 1.165) is 0 Å². The largest absolute Gasteiger partial charge is 0.451 e. The number of alkyl halides is 3. The number of nitrogens with one attached hydrogen (secondary N) is 1. The quantitative estimate of drug-likeness (QED) is 0.718. The van der Waals surface area contributed by atoms with Crippen LogP contribution >= 0.6 is 0 Å². The first kappa shape index (κ1) is 9.56. The Morgan fingerprint density at radius 3 is 2.77 bits per heavy atom. The van der Waals surface area contributed by atoms with Gasteiger partial charge in [-0.15, -0.1) is 0 Å². The fraction of sp³-hybridized carbons (Fsp3) is 0.333. The van der Waals surface area contributed by atoms with Crippen LogP contribution in [0.25, 0.3) is 0 Å². The molecule has 0 saturated heterocycles. The summed E-state index contributed by atoms with van der Waals surface area (Å²) in [5, 5.41) is 5.56. The highest BCUT2D eigenvalue weighted by Gasteiger charge is 2.29. The first-order chi connectivity index (χ1) is 5.99. The van der Waals surface area contributed by atoms with Crippen molar-refractivity contribution in [1.29, 1.82) is 0 Å². The van der Waals surface area contributed by atoms with Gasteiger partial charge in [-0.3, -0.25) is 5.10 Å². The average Bonchev–Trinajstić information content (AvgIpc) is 2.50. The Bertz CT molecular complexity index is 281. The number of ether oxygens (including phenoxy) is 1. The molecule has 0 saturated carbocycles. The first-order valence-corrected chi connectivity index (χ1v) is 3.22. The lowest BCUT2D eigenvalue weighted by atomic mass is 10.4. The Morgan fingerprint density at radius 2 is 2.31 bits per heavy atom. The predicted molar refractivity (Wildman–Crippen MR) is 34.9 cm³/mol. The van der Waals surface area contributed by atoms with E-state index in [4.69, 9.17) is 0 Å². The number of carbonyl (C=O) groups excluding carboxylic acids is 1. The van der Waals surface area contributed by atoms with Crippen molar-refractivity contribution in [3.63, 3.8) is 0 Å². The fourth-order valence-electron chi connectivity index (χ4n) is 0.595. The lowest BCUT2D eigenvalue weighted by Crippen LogP contribution is -2.20. The molecule has 72 valence electrons. The number of aromatic nitrogens is 2. The van der Waals surface area contributed by atoms with Gasteiger partial charge in [0, 0.05) is 6.20 Å². The molecule has 7 heteroatoms. The van der Waals surface area contributed by atoms with Crippen molar-refractivity contribution in [2.24, 2.45) is 0 Å². The number of H-pyrrole nitrogens is 1. The van der Waals surface area contributed by atoms with Crippen molar-refractivity contribution in [2.45, 2.75) is 6.18 Å². The molecule has 0 aliphatic rings. The summed E-state index contributed by atoms with van der Waals surface area (Å²) in [7, 11) is 0. The summed E-state index contributed by atoms with van der Waals surface area (Å²) < 4.78 is 38.6. The van der Waals surface area contributed by atoms with Gasteiger partial charge in [0.1, 0.15) is 5.69 Å². The number of nitrogens with zero attached hydrogens (tertiary/aromatic N) is 1. The predicted octanol–water partition coefficient (Wildman–Crippen LogP) is 1.13. The minimum atomic E-state index is -4.50. The van der Waals surface area contributed by atoms with Gasteiger partial charge in [-0.1, -0.05) is 0 Å². The van der Waals surface area contributed by atoms with Gasteiger partial charge >= 0.3 is 12.1 Å². The van der Waals surface area contributed by atoms with Gasteiger partial charge in [0.25, 0.3) is 0 Å². The van der Waals surface area contributed by atoms with Crippen molar-refractivity contribution in [3.8, 4) is 0 Å². The van der Waals surface area contributed by atoms with Gasteiger partial charge in [0.2, 0.25) is 0 Å². The maximum atomic E-state index is 11.6. The number of esters is 1. The number of aromatic amines is 1. The topological polar surface area (TPSA) is 55.0 Å². The molecule has 4 nitrogen and oxygen atoms in total. The van der Waals surface area contributed by atoms with Crippen LogP contribution in [-0.4, -0.2) is 28.9 Å². The van der Waals surface area contributed by atoms with E-state index in [9.17, 15) is 18.0 Å². The third-order valence-corrected chi connectivity index (χ3v) is 1.09. The summed E-state index contributed by atoms with van der Waals surface area (Å²) in [5.41, 5.74) is -0.107. The molecule has 1 aromatic heterocycles. The van der Waals surface area contributed by atoms with Crippen LogP contribution in [0.4, 0.5) is 13.2 Å². The third-order valence-electron chi connectivity index (χ3n) is 1.09. The van der Waals surface area contributed by atoms with E-state index in [1.54, 1.807) is 0 Å². The summed E-state index contributed by atoms with van der Waals surface area (Å²) >= 11 is 0. The number of rotatable bonds is 2. The summed E-state index contributed by atoms with van der Waals surface area (Å²) in [6, 6.07) is 1.22. The number of hydrogen-bond donors (Lipinski definition) is 1. The number of hydrogen-bond acceptors (Lipinski definition) is 3. The van der Waals surface area contributed by atoms with Gasteiger partial charge in [-0.2, -0.15) is 18.3 Å². The molecule has 0 atom stereocenters. The van der Waals surface area contributed by atoms with E-state index in [0.29, 0.717) is 0 Å². The van der Waals surface area contributed by atoms with Crippen LogP contribution in [0.1, 0.15) is 10.5 Å². The minimum Gasteiger partial charge on any atom is -0.451 e. The maximum Gasteiger partial charge on any atom is 0.422 e. The smallest absolute Gasteiger partial charge is 0.422 e. The highest BCUT2D eigenvalue weighted by Crippen LogP contribution is 2.15. The minimum absolute atomic E-state index is 0.107. The highest BCUT2D eigenvalue weighted by atomic mass is 19.4. The molecular weight excluding hydrogens is 189 g/mol. The number of halogens is 3. The molecule has 0 bridgehead atoms. The van der Waals surface area contributed by atoms with Crippen LogP contribution in [0.2, 0.25) is 0 Å². The molecular formula is C6H5F3N2O2. The maximum absolute atomic E-state index is 11.6. The summed E-state index contributed by atoms with van der Waals surface area (Å²) in [6.07, 6.45) is -3.26. The molecule has 1 heterocycles. The Labute approximate surface area is 70.7 Å². The Morgan fingerprint density at radius 1 is 1.62 bits per heavy atom. The fourth-order valence-corrected chi connectivity index (χ4v) is 0.595. The molecule has 1 aromatic rings. The standard InChI is InChI=1S/C6H5F3N2O2/c7-6(8,9)3-13-5(12)4-1-2-10-11-4/h1-2H,3H2,(H,10,11). The second-order valence-corrected chi connectivity index (χ2v) is 2.16. The Balaban J connectivity index is 2.44. The molecule has 0 radical (unpaired) electrons. The van der Waals surface area contributed by atoms with E-state index >= 15 is 0 Å². The Hall–Kier alpha value is -1.53. The van der Waals surface area contributed by atoms with Gasteiger partial charge in [0.05, 0.1) is 0 Å². The van der Waals surface area contributed by atoms with E-state index in [2.05, 4.69) is 14.9 Å². The summed E-state index contributed by atoms with van der Waals surface area (Å²) in [4.78, 5) is 10.8. The molecule has 0 spiro atoms. The van der Waals surface area contributed by atoms with E-state index in [-0.39, 0.29) is 5.69 Å². The average molecular weight is 194 g/mol. The van der Waals surface area contributed by atoms with Gasteiger partial charge < -0.3 is 4.74 Å². The lowest BCUT2D eigenvalue weighted by Gasteiger charge is -2.05. The summed E-state index contributed by atoms with van der Waals surface area (Å²) in [5.74, 6) is -1.07. The SMILES string of the molecule is O=C(OCC(F)(F)F)c1ccn[nH]1. The highest BCUT2D eigenvalue weighted by molar-refractivity contribution is 5.86. The van der Waals surface area contributed by atoms with Crippen LogP contribution in [0, 0.1) is 0 Å². The second kappa shape index (κ2) is 3.46. The van der Waals surface area contributed by atoms with E-state index in [1.807, 2.05) is 0 Å². The van der Waals surface area contributed by atoms with Crippen molar-refractivity contribution in [3.05, 3.63) is 18.0 Å². The van der Waals surface area contributed by atoms with Crippen LogP contribution in [0.5, 0.6) is 0 Å². The van der Waals surface area contributed by atoms with E-state index < -0.39 is 18.8 Å². The van der Waals surface area contributed by atoms with Crippen LogP contribution < -0.4 is 0 Å². The normalized spacial score (nSPS) is 11.3. The van der Waals surface area contributed by atoms with Gasteiger partial charge in [-0.05, 0) is 6.07 Å². The summed E-state index contributed by atoms with van der Waals surface area (Å²) in [6.45, 7) is -1.59. The molecule has 0 unspecified atom stereocenters. The van der Waals surface area contributed by atoms with Crippen LogP contribution in [-0.2, 0) is 4.74 Å². The zero-order valence-corrected chi connectivity index (χ0v) is 6.26. The molecule has 0 aromatic carbocycles. The molecule has 0 aliphatic carbocycles. The van der Waals surface area contributed by atoms with E-state index in [1.165, 1.54) is 12.3 Å². The van der Waals surface area contributed by atoms with Gasteiger partial charge in [0.15, 0.2) is 6.61 Å². The van der Waals surface area contributed by atoms with Crippen molar-refractivity contribution in [1.82, 2.24) is 10.2 Å². The first-order valence-electron chi connectivity index (χ1n) is 3.22. The van der Waals surface area contributed by atoms with Crippen molar-refractivity contribution >= 4 is 5.97 Å². The number of carbonyl (C=O) groups is 1.